The summed E-state index contributed by atoms with van der Waals surface area (Å²) in [4.78, 5) is 17.0. The number of aryl methyl sites for hydroxylation is 1. The van der Waals surface area contributed by atoms with E-state index in [2.05, 4.69) is 22.1 Å². The first-order valence-electron chi connectivity index (χ1n) is 8.32. The molecule has 0 saturated heterocycles. The summed E-state index contributed by atoms with van der Waals surface area (Å²) in [6.45, 7) is 5.92. The first-order chi connectivity index (χ1) is 12.8. The van der Waals surface area contributed by atoms with E-state index in [0.717, 1.165) is 16.5 Å². The molecular formula is C20H23ClN2O3S. The van der Waals surface area contributed by atoms with Gasteiger partial charge in [-0.2, -0.15) is 0 Å². The summed E-state index contributed by atoms with van der Waals surface area (Å²) in [5, 5.41) is 4.31. The van der Waals surface area contributed by atoms with Crippen molar-refractivity contribution in [2.45, 2.75) is 31.7 Å². The first kappa shape index (κ1) is 21.4. The number of rotatable bonds is 6. The Hall–Kier alpha value is -1.94. The third-order valence-corrected chi connectivity index (χ3v) is 4.58. The van der Waals surface area contributed by atoms with Gasteiger partial charge in [-0.3, -0.25) is 9.78 Å². The number of aromatic nitrogens is 1. The van der Waals surface area contributed by atoms with Crippen molar-refractivity contribution in [2.24, 2.45) is 0 Å². The van der Waals surface area contributed by atoms with Crippen LogP contribution in [0.4, 0.5) is 0 Å². The molecule has 7 heteroatoms. The molecule has 0 aliphatic rings. The Morgan fingerprint density at radius 2 is 2.15 bits per heavy atom. The molecule has 0 fully saturated rings. The number of amides is 1. The SMILES string of the molecule is COCC#CC(C)(C)NC(=O)C(Oc1cc(C)c2ncc(Cl)cc2c1)SC. The van der Waals surface area contributed by atoms with Crippen molar-refractivity contribution in [1.29, 1.82) is 0 Å². The molecule has 1 atom stereocenters. The fourth-order valence-corrected chi connectivity index (χ4v) is 3.15. The number of hydrogen-bond donors (Lipinski definition) is 1. The number of pyridine rings is 1. The van der Waals surface area contributed by atoms with Gasteiger partial charge in [0.25, 0.3) is 5.91 Å². The number of benzene rings is 1. The lowest BCUT2D eigenvalue weighted by Crippen LogP contribution is -2.47. The highest BCUT2D eigenvalue weighted by Gasteiger charge is 2.25. The van der Waals surface area contributed by atoms with Crippen LogP contribution in [0.2, 0.25) is 5.02 Å². The van der Waals surface area contributed by atoms with Gasteiger partial charge in [-0.15, -0.1) is 11.8 Å². The van der Waals surface area contributed by atoms with Gasteiger partial charge in [0, 0.05) is 18.7 Å². The molecule has 1 aromatic heterocycles. The van der Waals surface area contributed by atoms with Crippen LogP contribution < -0.4 is 10.1 Å². The minimum Gasteiger partial charge on any atom is -0.470 e. The van der Waals surface area contributed by atoms with Gasteiger partial charge in [-0.1, -0.05) is 23.4 Å². The summed E-state index contributed by atoms with van der Waals surface area (Å²) in [7, 11) is 1.58. The van der Waals surface area contributed by atoms with Crippen molar-refractivity contribution >= 4 is 40.2 Å². The van der Waals surface area contributed by atoms with Crippen LogP contribution in [0.15, 0.2) is 24.4 Å². The standard InChI is InChI=1S/C20H23ClN2O3S/c1-13-9-16(11-14-10-15(21)12-22-17(13)14)26-19(27-5)18(24)23-20(2,3)7-6-8-25-4/h9-12,19H,8H2,1-5H3,(H,23,24). The van der Waals surface area contributed by atoms with Crippen LogP contribution in [0.3, 0.4) is 0 Å². The Labute approximate surface area is 169 Å². The summed E-state index contributed by atoms with van der Waals surface area (Å²) < 4.78 is 10.8. The van der Waals surface area contributed by atoms with Gasteiger partial charge in [0.15, 0.2) is 0 Å². The number of methoxy groups -OCH3 is 1. The lowest BCUT2D eigenvalue weighted by molar-refractivity contribution is -0.125. The van der Waals surface area contributed by atoms with Crippen molar-refractivity contribution < 1.29 is 14.3 Å². The molecule has 2 rings (SSSR count). The number of thioether (sulfide) groups is 1. The molecule has 0 spiro atoms. The average molecular weight is 407 g/mol. The lowest BCUT2D eigenvalue weighted by atomic mass is 10.1. The second-order valence-corrected chi connectivity index (χ2v) is 7.84. The quantitative estimate of drug-likeness (QED) is 0.584. The van der Waals surface area contributed by atoms with E-state index in [1.807, 2.05) is 45.2 Å². The van der Waals surface area contributed by atoms with Crippen LogP contribution in [0.1, 0.15) is 19.4 Å². The first-order valence-corrected chi connectivity index (χ1v) is 9.98. The number of fused-ring (bicyclic) bond motifs is 1. The molecule has 5 nitrogen and oxygen atoms in total. The molecule has 1 amide bonds. The summed E-state index contributed by atoms with van der Waals surface area (Å²) in [5.74, 6) is 6.18. The molecule has 0 aliphatic heterocycles. The van der Waals surface area contributed by atoms with Crippen molar-refractivity contribution in [3.63, 3.8) is 0 Å². The van der Waals surface area contributed by atoms with E-state index in [4.69, 9.17) is 21.1 Å². The van der Waals surface area contributed by atoms with Gasteiger partial charge < -0.3 is 14.8 Å². The lowest BCUT2D eigenvalue weighted by Gasteiger charge is -2.24. The van der Waals surface area contributed by atoms with E-state index < -0.39 is 11.0 Å². The second-order valence-electron chi connectivity index (χ2n) is 6.50. The monoisotopic (exact) mass is 406 g/mol. The van der Waals surface area contributed by atoms with E-state index in [1.165, 1.54) is 11.8 Å². The largest absolute Gasteiger partial charge is 0.470 e. The third-order valence-electron chi connectivity index (χ3n) is 3.64. The Balaban J connectivity index is 2.18. The van der Waals surface area contributed by atoms with E-state index in [9.17, 15) is 4.79 Å². The van der Waals surface area contributed by atoms with Crippen molar-refractivity contribution in [3.8, 4) is 17.6 Å². The van der Waals surface area contributed by atoms with Crippen LogP contribution in [0, 0.1) is 18.8 Å². The Morgan fingerprint density at radius 3 is 2.81 bits per heavy atom. The molecule has 144 valence electrons. The Bertz CT molecular complexity index is 890. The van der Waals surface area contributed by atoms with Gasteiger partial charge in [0.2, 0.25) is 5.44 Å². The summed E-state index contributed by atoms with van der Waals surface area (Å²) in [5.41, 5.74) is 0.401. The van der Waals surface area contributed by atoms with Gasteiger partial charge >= 0.3 is 0 Å². The van der Waals surface area contributed by atoms with Gasteiger partial charge in [0.1, 0.15) is 12.4 Å². The molecule has 0 saturated carbocycles. The molecule has 1 N–H and O–H groups in total. The third kappa shape index (κ3) is 6.03. The average Bonchev–Trinajstić information content (AvgIpc) is 2.58. The molecule has 1 heterocycles. The fraction of sp³-hybridized carbons (Fsp3) is 0.400. The molecule has 1 aromatic carbocycles. The number of ether oxygens (including phenoxy) is 2. The minimum absolute atomic E-state index is 0.249. The fourth-order valence-electron chi connectivity index (χ4n) is 2.50. The maximum Gasteiger partial charge on any atom is 0.272 e. The van der Waals surface area contributed by atoms with E-state index in [1.54, 1.807) is 13.3 Å². The molecular weight excluding hydrogens is 384 g/mol. The van der Waals surface area contributed by atoms with Crippen LogP contribution >= 0.6 is 23.4 Å². The molecule has 1 unspecified atom stereocenters. The van der Waals surface area contributed by atoms with E-state index >= 15 is 0 Å². The van der Waals surface area contributed by atoms with Crippen LogP contribution in [-0.2, 0) is 9.53 Å². The smallest absolute Gasteiger partial charge is 0.272 e. The summed E-state index contributed by atoms with van der Waals surface area (Å²) in [6.07, 6.45) is 3.43. The van der Waals surface area contributed by atoms with Crippen molar-refractivity contribution in [1.82, 2.24) is 10.3 Å². The maximum absolute atomic E-state index is 12.6. The topological polar surface area (TPSA) is 60.5 Å². The number of carbonyl (C=O) groups excluding carboxylic acids is 1. The molecule has 2 aromatic rings. The zero-order valence-electron chi connectivity index (χ0n) is 16.1. The molecule has 0 aliphatic carbocycles. The van der Waals surface area contributed by atoms with Crippen molar-refractivity contribution in [3.05, 3.63) is 35.0 Å². The minimum atomic E-state index is -0.711. The molecule has 27 heavy (non-hydrogen) atoms. The van der Waals surface area contributed by atoms with Crippen LogP contribution in [0.5, 0.6) is 5.75 Å². The highest BCUT2D eigenvalue weighted by atomic mass is 35.5. The number of hydrogen-bond acceptors (Lipinski definition) is 5. The van der Waals surface area contributed by atoms with Gasteiger partial charge in [-0.05, 0) is 50.8 Å². The summed E-state index contributed by atoms with van der Waals surface area (Å²) in [6, 6.07) is 5.52. The van der Waals surface area contributed by atoms with Gasteiger partial charge in [0.05, 0.1) is 16.1 Å². The maximum atomic E-state index is 12.6. The summed E-state index contributed by atoms with van der Waals surface area (Å²) >= 11 is 7.35. The van der Waals surface area contributed by atoms with E-state index in [-0.39, 0.29) is 5.91 Å². The highest BCUT2D eigenvalue weighted by molar-refractivity contribution is 7.99. The predicted octanol–water partition coefficient (Wildman–Crippen LogP) is 3.81. The van der Waals surface area contributed by atoms with E-state index in [0.29, 0.717) is 17.4 Å². The zero-order chi connectivity index (χ0) is 20.0. The number of nitrogens with zero attached hydrogens (tertiary/aromatic N) is 1. The second kappa shape index (κ2) is 9.32. The Morgan fingerprint density at radius 1 is 1.41 bits per heavy atom. The normalized spacial score (nSPS) is 12.2. The van der Waals surface area contributed by atoms with Gasteiger partial charge in [-0.25, -0.2) is 0 Å². The Kier molecular flexibility index (Phi) is 7.37. The van der Waals surface area contributed by atoms with Crippen molar-refractivity contribution in [2.75, 3.05) is 20.0 Å². The predicted molar refractivity (Wildman–Crippen MR) is 111 cm³/mol. The number of halogens is 1. The zero-order valence-corrected chi connectivity index (χ0v) is 17.6. The molecule has 0 bridgehead atoms. The molecule has 0 radical (unpaired) electrons. The van der Waals surface area contributed by atoms with Crippen LogP contribution in [-0.4, -0.2) is 41.8 Å². The number of carbonyl (C=O) groups is 1. The number of nitrogens with one attached hydrogen (secondary N) is 1. The highest BCUT2D eigenvalue weighted by Crippen LogP contribution is 2.27. The van der Waals surface area contributed by atoms with Crippen LogP contribution in [0.25, 0.3) is 10.9 Å².